The van der Waals surface area contributed by atoms with Crippen molar-refractivity contribution in [2.75, 3.05) is 12.3 Å². The van der Waals surface area contributed by atoms with E-state index >= 15 is 0 Å². The highest BCUT2D eigenvalue weighted by atomic mass is 19.1. The van der Waals surface area contributed by atoms with Gasteiger partial charge in [-0.2, -0.15) is 10.2 Å². The van der Waals surface area contributed by atoms with Gasteiger partial charge in [-0.15, -0.1) is 0 Å². The molecule has 0 amide bonds. The lowest BCUT2D eigenvalue weighted by Crippen LogP contribution is -2.29. The lowest BCUT2D eigenvalue weighted by Gasteiger charge is -2.21. The zero-order valence-electron chi connectivity index (χ0n) is 19.5. The van der Waals surface area contributed by atoms with Crippen molar-refractivity contribution in [3.63, 3.8) is 0 Å². The maximum Gasteiger partial charge on any atom is 0.261 e. The van der Waals surface area contributed by atoms with Gasteiger partial charge in [0.05, 0.1) is 35.6 Å². The minimum Gasteiger partial charge on any atom is -0.394 e. The van der Waals surface area contributed by atoms with Crippen LogP contribution in [0.15, 0.2) is 41.7 Å². The third-order valence-electron chi connectivity index (χ3n) is 6.54. The number of aromatic nitrogens is 8. The molecule has 1 saturated carbocycles. The SMILES string of the molecule is CC[C@@H](c1nc2ccc(F)cc2c(=O)n1C1CC1)n1nc(-c2cnn(CCO)c2)c2c(N)ncnc21. The minimum absolute atomic E-state index is 0.0134. The molecule has 4 heterocycles. The van der Waals surface area contributed by atoms with Crippen LogP contribution in [0.1, 0.15) is 44.1 Å². The molecule has 4 aromatic heterocycles. The highest BCUT2D eigenvalue weighted by Gasteiger charge is 2.33. The third kappa shape index (κ3) is 3.52. The Morgan fingerprint density at radius 3 is 2.86 bits per heavy atom. The van der Waals surface area contributed by atoms with E-state index in [1.165, 1.54) is 24.5 Å². The van der Waals surface area contributed by atoms with E-state index < -0.39 is 11.9 Å². The molecular formula is C24H24FN9O2. The standard InChI is InChI=1S/C24H24FN9O2/c1-2-18(22-30-17-6-3-14(25)9-16(17)24(36)33(22)15-4-5-15)34-23-19(21(26)27-12-28-23)20(31-34)13-10-29-32(11-13)7-8-35/h3,6,9-12,15,18,35H,2,4-5,7-8H2,1H3,(H2,26,27,28)/t18-/m0/s1. The lowest BCUT2D eigenvalue weighted by atomic mass is 10.1. The van der Waals surface area contributed by atoms with Crippen LogP contribution in [0, 0.1) is 5.82 Å². The Labute approximate surface area is 204 Å². The number of aliphatic hydroxyl groups excluding tert-OH is 1. The second-order valence-corrected chi connectivity index (χ2v) is 8.93. The predicted molar refractivity (Wildman–Crippen MR) is 131 cm³/mol. The molecule has 5 aromatic rings. The number of benzene rings is 1. The number of aliphatic hydroxyl groups is 1. The fourth-order valence-electron chi connectivity index (χ4n) is 4.70. The summed E-state index contributed by atoms with van der Waals surface area (Å²) in [7, 11) is 0. The molecule has 36 heavy (non-hydrogen) atoms. The van der Waals surface area contributed by atoms with E-state index in [0.717, 1.165) is 12.8 Å². The van der Waals surface area contributed by atoms with Gasteiger partial charge in [0, 0.05) is 17.8 Å². The van der Waals surface area contributed by atoms with Crippen molar-refractivity contribution in [2.24, 2.45) is 0 Å². The van der Waals surface area contributed by atoms with Crippen molar-refractivity contribution in [3.8, 4) is 11.3 Å². The number of halogens is 1. The van der Waals surface area contributed by atoms with Crippen molar-refractivity contribution in [1.29, 1.82) is 0 Å². The number of hydrogen-bond donors (Lipinski definition) is 2. The van der Waals surface area contributed by atoms with Crippen LogP contribution in [0.25, 0.3) is 33.2 Å². The number of rotatable bonds is 7. The largest absolute Gasteiger partial charge is 0.394 e. The molecular weight excluding hydrogens is 465 g/mol. The molecule has 11 nitrogen and oxygen atoms in total. The van der Waals surface area contributed by atoms with Gasteiger partial charge in [-0.3, -0.25) is 14.0 Å². The number of hydrogen-bond acceptors (Lipinski definition) is 8. The van der Waals surface area contributed by atoms with Crippen LogP contribution in [-0.2, 0) is 6.54 Å². The summed E-state index contributed by atoms with van der Waals surface area (Å²) in [6.45, 7) is 2.28. The Kier molecular flexibility index (Phi) is 5.25. The number of anilines is 1. The molecule has 12 heteroatoms. The second kappa shape index (κ2) is 8.48. The summed E-state index contributed by atoms with van der Waals surface area (Å²) in [6.07, 6.45) is 7.09. The first kappa shape index (κ1) is 22.3. The van der Waals surface area contributed by atoms with Gasteiger partial charge in [0.15, 0.2) is 5.65 Å². The van der Waals surface area contributed by atoms with Crippen molar-refractivity contribution in [1.82, 2.24) is 39.1 Å². The van der Waals surface area contributed by atoms with E-state index in [1.807, 2.05) is 6.92 Å². The van der Waals surface area contributed by atoms with E-state index in [9.17, 15) is 14.3 Å². The molecule has 1 aliphatic carbocycles. The molecule has 1 fully saturated rings. The van der Waals surface area contributed by atoms with E-state index in [-0.39, 0.29) is 29.4 Å². The van der Waals surface area contributed by atoms with Crippen LogP contribution in [0.2, 0.25) is 0 Å². The van der Waals surface area contributed by atoms with Crippen LogP contribution in [-0.4, -0.2) is 50.8 Å². The summed E-state index contributed by atoms with van der Waals surface area (Å²) < 4.78 is 19.0. The quantitative estimate of drug-likeness (QED) is 0.355. The van der Waals surface area contributed by atoms with Gasteiger partial charge in [0.2, 0.25) is 0 Å². The molecule has 1 aromatic carbocycles. The summed E-state index contributed by atoms with van der Waals surface area (Å²) in [5.41, 5.74) is 8.21. The first-order chi connectivity index (χ1) is 17.5. The molecule has 184 valence electrons. The van der Waals surface area contributed by atoms with E-state index in [0.29, 0.717) is 46.6 Å². The summed E-state index contributed by atoms with van der Waals surface area (Å²) in [4.78, 5) is 27.0. The second-order valence-electron chi connectivity index (χ2n) is 8.93. The Hall–Kier alpha value is -4.19. The fourth-order valence-corrected chi connectivity index (χ4v) is 4.70. The maximum atomic E-state index is 13.9. The molecule has 0 bridgehead atoms. The van der Waals surface area contributed by atoms with Gasteiger partial charge in [-0.05, 0) is 37.5 Å². The smallest absolute Gasteiger partial charge is 0.261 e. The number of nitrogen functional groups attached to an aromatic ring is 1. The Bertz CT molecular complexity index is 1670. The molecule has 1 aliphatic rings. The molecule has 6 rings (SSSR count). The summed E-state index contributed by atoms with van der Waals surface area (Å²) in [5.74, 6) is 0.348. The third-order valence-corrected chi connectivity index (χ3v) is 6.54. The molecule has 0 spiro atoms. The van der Waals surface area contributed by atoms with Crippen molar-refractivity contribution >= 4 is 27.8 Å². The van der Waals surface area contributed by atoms with Gasteiger partial charge in [0.1, 0.15) is 35.5 Å². The Morgan fingerprint density at radius 2 is 2.11 bits per heavy atom. The molecule has 0 radical (unpaired) electrons. The van der Waals surface area contributed by atoms with Crippen molar-refractivity contribution < 1.29 is 9.50 Å². The topological polar surface area (TPSA) is 143 Å². The van der Waals surface area contributed by atoms with Crippen LogP contribution in [0.5, 0.6) is 0 Å². The number of nitrogens with zero attached hydrogens (tertiary/aromatic N) is 8. The zero-order valence-corrected chi connectivity index (χ0v) is 19.5. The predicted octanol–water partition coefficient (Wildman–Crippen LogP) is 2.45. The van der Waals surface area contributed by atoms with Crippen molar-refractivity contribution in [2.45, 2.75) is 44.8 Å². The van der Waals surface area contributed by atoms with Crippen molar-refractivity contribution in [3.05, 3.63) is 58.9 Å². The molecule has 0 unspecified atom stereocenters. The van der Waals surface area contributed by atoms with E-state index in [2.05, 4.69) is 15.1 Å². The minimum atomic E-state index is -0.472. The number of fused-ring (bicyclic) bond motifs is 2. The van der Waals surface area contributed by atoms with Crippen LogP contribution >= 0.6 is 0 Å². The highest BCUT2D eigenvalue weighted by molar-refractivity contribution is 5.98. The monoisotopic (exact) mass is 489 g/mol. The summed E-state index contributed by atoms with van der Waals surface area (Å²) in [5, 5.41) is 19.3. The van der Waals surface area contributed by atoms with Gasteiger partial charge in [-0.25, -0.2) is 24.0 Å². The average molecular weight is 490 g/mol. The molecule has 0 saturated heterocycles. The van der Waals surface area contributed by atoms with Gasteiger partial charge in [-0.1, -0.05) is 6.92 Å². The molecule has 3 N–H and O–H groups in total. The van der Waals surface area contributed by atoms with E-state index in [1.54, 1.807) is 26.3 Å². The molecule has 1 atom stereocenters. The zero-order chi connectivity index (χ0) is 25.0. The normalized spacial score (nSPS) is 14.6. The average Bonchev–Trinajstić information content (AvgIpc) is 3.47. The van der Waals surface area contributed by atoms with Crippen LogP contribution in [0.3, 0.4) is 0 Å². The summed E-state index contributed by atoms with van der Waals surface area (Å²) in [6, 6.07) is 3.65. The van der Waals surface area contributed by atoms with Gasteiger partial charge < -0.3 is 10.8 Å². The lowest BCUT2D eigenvalue weighted by molar-refractivity contribution is 0.269. The highest BCUT2D eigenvalue weighted by Crippen LogP contribution is 2.38. The van der Waals surface area contributed by atoms with Gasteiger partial charge in [0.25, 0.3) is 5.56 Å². The summed E-state index contributed by atoms with van der Waals surface area (Å²) >= 11 is 0. The van der Waals surface area contributed by atoms with Crippen LogP contribution < -0.4 is 11.3 Å². The van der Waals surface area contributed by atoms with Gasteiger partial charge >= 0.3 is 0 Å². The Balaban J connectivity index is 1.59. The molecule has 0 aliphatic heterocycles. The maximum absolute atomic E-state index is 13.9. The first-order valence-corrected chi connectivity index (χ1v) is 11.8. The fraction of sp³-hybridized carbons (Fsp3) is 0.333. The number of nitrogens with two attached hydrogens (primary N) is 1. The first-order valence-electron chi connectivity index (χ1n) is 11.8. The Morgan fingerprint density at radius 1 is 1.28 bits per heavy atom. The van der Waals surface area contributed by atoms with E-state index in [4.69, 9.17) is 15.8 Å². The van der Waals surface area contributed by atoms with Crippen LogP contribution in [0.4, 0.5) is 10.2 Å².